The van der Waals surface area contributed by atoms with E-state index in [0.717, 1.165) is 25.7 Å². The quantitative estimate of drug-likeness (QED) is 0.214. The van der Waals surface area contributed by atoms with Crippen LogP contribution in [0.3, 0.4) is 0 Å². The Bertz CT molecular complexity index is 1040. The summed E-state index contributed by atoms with van der Waals surface area (Å²) < 4.78 is 0. The van der Waals surface area contributed by atoms with Crippen molar-refractivity contribution >= 4 is 0 Å². The lowest BCUT2D eigenvalue weighted by atomic mass is 9.63. The normalized spacial score (nSPS) is 14.8. The molecular weight excluding hydrogens is 432 g/mol. The van der Waals surface area contributed by atoms with Crippen LogP contribution in [0, 0.1) is 11.8 Å². The fourth-order valence-corrected chi connectivity index (χ4v) is 5.54. The number of rotatable bonds is 13. The molecule has 0 amide bonds. The van der Waals surface area contributed by atoms with Crippen molar-refractivity contribution in [2.45, 2.75) is 78.1 Å². The van der Waals surface area contributed by atoms with Gasteiger partial charge in [-0.3, -0.25) is 0 Å². The molecule has 0 radical (unpaired) electrons. The predicted molar refractivity (Wildman–Crippen MR) is 159 cm³/mol. The minimum absolute atomic E-state index is 0.0365. The van der Waals surface area contributed by atoms with Gasteiger partial charge in [-0.1, -0.05) is 142 Å². The first-order valence-electron chi connectivity index (χ1n) is 13.8. The van der Waals surface area contributed by atoms with Gasteiger partial charge in [0.25, 0.3) is 0 Å². The molecule has 0 aliphatic rings. The van der Waals surface area contributed by atoms with Crippen LogP contribution in [0.25, 0.3) is 0 Å². The molecule has 0 fully saturated rings. The Morgan fingerprint density at radius 3 is 1.75 bits per heavy atom. The van der Waals surface area contributed by atoms with Crippen molar-refractivity contribution in [1.82, 2.24) is 0 Å². The van der Waals surface area contributed by atoms with Crippen molar-refractivity contribution < 1.29 is 0 Å². The van der Waals surface area contributed by atoms with Gasteiger partial charge in [-0.25, -0.2) is 0 Å². The van der Waals surface area contributed by atoms with Crippen LogP contribution >= 0.6 is 0 Å². The molecule has 3 rings (SSSR count). The highest BCUT2D eigenvalue weighted by Crippen LogP contribution is 2.47. The zero-order valence-electron chi connectivity index (χ0n) is 23.2. The number of benzene rings is 3. The third-order valence-corrected chi connectivity index (χ3v) is 8.13. The van der Waals surface area contributed by atoms with Crippen LogP contribution in [-0.2, 0) is 5.41 Å². The predicted octanol–water partition coefficient (Wildman–Crippen LogP) is 10.5. The maximum Gasteiger partial charge on any atom is 0.0211 e. The third-order valence-electron chi connectivity index (χ3n) is 8.13. The van der Waals surface area contributed by atoms with Gasteiger partial charge in [0.2, 0.25) is 0 Å². The van der Waals surface area contributed by atoms with E-state index in [0.29, 0.717) is 17.8 Å². The summed E-state index contributed by atoms with van der Waals surface area (Å²) in [5, 5.41) is 0. The first-order chi connectivity index (χ1) is 17.4. The average Bonchev–Trinajstić information content (AvgIpc) is 2.91. The summed E-state index contributed by atoms with van der Waals surface area (Å²) in [6, 6.07) is 33.7. The topological polar surface area (TPSA) is 0 Å². The average molecular weight is 479 g/mol. The van der Waals surface area contributed by atoms with Crippen molar-refractivity contribution in [1.29, 1.82) is 0 Å². The monoisotopic (exact) mass is 478 g/mol. The SMILES string of the molecule is C=C(C)C(C)C/C(C)=C\CC(CC(CC(C)CC)(c1ccccc1)c1ccccc1)c1ccccc1. The van der Waals surface area contributed by atoms with Gasteiger partial charge in [0.1, 0.15) is 0 Å². The summed E-state index contributed by atoms with van der Waals surface area (Å²) in [7, 11) is 0. The molecule has 3 unspecified atom stereocenters. The third kappa shape index (κ3) is 7.33. The van der Waals surface area contributed by atoms with E-state index in [4.69, 9.17) is 0 Å². The standard InChI is InChI=1S/C36H46/c1-7-29(4)26-36(34-19-13-9-14-20-34,35-21-15-10-16-22-35)27-33(32-17-11-8-12-18-32)24-23-30(5)25-31(6)28(2)3/h8-23,29,31,33H,2,7,24-27H2,1,3-6H3/b30-23-. The Balaban J connectivity index is 2.08. The van der Waals surface area contributed by atoms with Crippen LogP contribution in [0.1, 0.15) is 89.3 Å². The van der Waals surface area contributed by atoms with Crippen molar-refractivity contribution in [2.75, 3.05) is 0 Å². The van der Waals surface area contributed by atoms with Crippen molar-refractivity contribution in [2.24, 2.45) is 11.8 Å². The molecule has 3 atom stereocenters. The van der Waals surface area contributed by atoms with Gasteiger partial charge in [-0.2, -0.15) is 0 Å². The van der Waals surface area contributed by atoms with Gasteiger partial charge in [-0.05, 0) is 74.0 Å². The molecule has 0 saturated heterocycles. The van der Waals surface area contributed by atoms with Crippen LogP contribution < -0.4 is 0 Å². The Labute approximate surface area is 221 Å². The fraction of sp³-hybridized carbons (Fsp3) is 0.389. The van der Waals surface area contributed by atoms with E-state index >= 15 is 0 Å². The van der Waals surface area contributed by atoms with E-state index < -0.39 is 0 Å². The highest BCUT2D eigenvalue weighted by atomic mass is 14.4. The fourth-order valence-electron chi connectivity index (χ4n) is 5.54. The highest BCUT2D eigenvalue weighted by Gasteiger charge is 2.37. The van der Waals surface area contributed by atoms with E-state index in [1.54, 1.807) is 0 Å². The molecule has 0 heteroatoms. The van der Waals surface area contributed by atoms with E-state index in [1.807, 2.05) is 0 Å². The molecule has 0 aromatic heterocycles. The molecule has 0 aliphatic heterocycles. The van der Waals surface area contributed by atoms with Crippen molar-refractivity contribution in [3.63, 3.8) is 0 Å². The maximum absolute atomic E-state index is 4.17. The van der Waals surface area contributed by atoms with Crippen LogP contribution in [0.2, 0.25) is 0 Å². The van der Waals surface area contributed by atoms with Gasteiger partial charge in [0.05, 0.1) is 0 Å². The summed E-state index contributed by atoms with van der Waals surface area (Å²) in [5.41, 5.74) is 7.02. The summed E-state index contributed by atoms with van der Waals surface area (Å²) >= 11 is 0. The Morgan fingerprint density at radius 1 is 0.778 bits per heavy atom. The number of hydrogen-bond acceptors (Lipinski definition) is 0. The molecule has 36 heavy (non-hydrogen) atoms. The molecule has 0 N–H and O–H groups in total. The molecule has 3 aromatic carbocycles. The summed E-state index contributed by atoms with van der Waals surface area (Å²) in [4.78, 5) is 0. The first kappa shape index (κ1) is 27.7. The van der Waals surface area contributed by atoms with Crippen molar-refractivity contribution in [3.8, 4) is 0 Å². The van der Waals surface area contributed by atoms with Gasteiger partial charge in [-0.15, -0.1) is 0 Å². The minimum atomic E-state index is -0.0365. The Morgan fingerprint density at radius 2 is 1.28 bits per heavy atom. The van der Waals surface area contributed by atoms with Gasteiger partial charge in [0.15, 0.2) is 0 Å². The lowest BCUT2D eigenvalue weighted by Gasteiger charge is -2.40. The molecule has 0 heterocycles. The lowest BCUT2D eigenvalue weighted by molar-refractivity contribution is 0.328. The molecule has 190 valence electrons. The van der Waals surface area contributed by atoms with Crippen LogP contribution in [0.15, 0.2) is 115 Å². The maximum atomic E-state index is 4.17. The molecular formula is C36H46. The summed E-state index contributed by atoms with van der Waals surface area (Å²) in [6.45, 7) is 15.6. The highest BCUT2D eigenvalue weighted by molar-refractivity contribution is 5.41. The van der Waals surface area contributed by atoms with E-state index in [-0.39, 0.29) is 5.41 Å². The van der Waals surface area contributed by atoms with E-state index in [2.05, 4.69) is 138 Å². The zero-order valence-corrected chi connectivity index (χ0v) is 23.2. The van der Waals surface area contributed by atoms with Gasteiger partial charge >= 0.3 is 0 Å². The molecule has 0 bridgehead atoms. The smallest absolute Gasteiger partial charge is 0.0211 e. The van der Waals surface area contributed by atoms with Gasteiger partial charge < -0.3 is 0 Å². The molecule has 0 spiro atoms. The largest absolute Gasteiger partial charge is 0.0999 e. The Hall–Kier alpha value is -2.86. The van der Waals surface area contributed by atoms with Crippen LogP contribution in [0.4, 0.5) is 0 Å². The minimum Gasteiger partial charge on any atom is -0.0999 e. The number of allylic oxidation sites excluding steroid dienone is 3. The molecule has 3 aromatic rings. The first-order valence-corrected chi connectivity index (χ1v) is 13.8. The van der Waals surface area contributed by atoms with Gasteiger partial charge in [0, 0.05) is 5.41 Å². The Kier molecular flexibility index (Phi) is 10.4. The van der Waals surface area contributed by atoms with E-state index in [1.165, 1.54) is 34.3 Å². The van der Waals surface area contributed by atoms with Crippen LogP contribution in [0.5, 0.6) is 0 Å². The van der Waals surface area contributed by atoms with E-state index in [9.17, 15) is 0 Å². The lowest BCUT2D eigenvalue weighted by Crippen LogP contribution is -2.32. The number of hydrogen-bond donors (Lipinski definition) is 0. The summed E-state index contributed by atoms with van der Waals surface area (Å²) in [6.07, 6.45) is 8.08. The molecule has 0 nitrogen and oxygen atoms in total. The van der Waals surface area contributed by atoms with Crippen LogP contribution in [-0.4, -0.2) is 0 Å². The zero-order chi connectivity index (χ0) is 26.0. The second-order valence-electron chi connectivity index (χ2n) is 11.1. The molecule has 0 aliphatic carbocycles. The van der Waals surface area contributed by atoms with Crippen molar-refractivity contribution in [3.05, 3.63) is 131 Å². The second kappa shape index (κ2) is 13.4. The second-order valence-corrected chi connectivity index (χ2v) is 11.1. The summed E-state index contributed by atoms with van der Waals surface area (Å²) in [5.74, 6) is 1.59. The molecule has 0 saturated carbocycles.